The molecule has 20 heavy (non-hydrogen) atoms. The first-order valence-electron chi connectivity index (χ1n) is 6.79. The Balaban J connectivity index is 2.10. The number of aliphatic carboxylic acids is 1. The fourth-order valence-electron chi connectivity index (χ4n) is 2.48. The average molecular weight is 282 g/mol. The highest BCUT2D eigenvalue weighted by molar-refractivity contribution is 5.69. The summed E-state index contributed by atoms with van der Waals surface area (Å²) in [5.41, 5.74) is 1.63. The zero-order valence-electron chi connectivity index (χ0n) is 12.0. The lowest BCUT2D eigenvalue weighted by Crippen LogP contribution is -2.29. The van der Waals surface area contributed by atoms with Gasteiger partial charge in [-0.25, -0.2) is 0 Å². The van der Waals surface area contributed by atoms with Gasteiger partial charge in [0.2, 0.25) is 0 Å². The van der Waals surface area contributed by atoms with E-state index in [4.69, 9.17) is 5.11 Å². The molecule has 2 N–H and O–H groups in total. The minimum atomic E-state index is -0.814. The summed E-state index contributed by atoms with van der Waals surface area (Å²) in [6.07, 6.45) is 0.253. The first-order valence-corrected chi connectivity index (χ1v) is 6.79. The number of likely N-dealkylation sites (N-methyl/N-ethyl adjacent to an activating group) is 1. The summed E-state index contributed by atoms with van der Waals surface area (Å²) in [4.78, 5) is 14.6. The van der Waals surface area contributed by atoms with Crippen LogP contribution in [0.3, 0.4) is 0 Å². The molecule has 1 atom stereocenters. The van der Waals surface area contributed by atoms with Crippen LogP contribution in [-0.2, 0) is 17.9 Å². The van der Waals surface area contributed by atoms with Crippen LogP contribution in [0.2, 0.25) is 0 Å². The van der Waals surface area contributed by atoms with Crippen molar-refractivity contribution in [3.8, 4) is 0 Å². The Morgan fingerprint density at radius 3 is 2.90 bits per heavy atom. The minimum Gasteiger partial charge on any atom is -0.480 e. The van der Waals surface area contributed by atoms with Crippen LogP contribution in [-0.4, -0.2) is 69.5 Å². The third-order valence-corrected chi connectivity index (χ3v) is 3.35. The van der Waals surface area contributed by atoms with Gasteiger partial charge in [0.15, 0.2) is 0 Å². The number of fused-ring (bicyclic) bond motifs is 1. The van der Waals surface area contributed by atoms with Gasteiger partial charge in [0.25, 0.3) is 0 Å². The van der Waals surface area contributed by atoms with Gasteiger partial charge in [0.1, 0.15) is 6.10 Å². The van der Waals surface area contributed by atoms with E-state index in [1.807, 2.05) is 34.6 Å². The second-order valence-electron chi connectivity index (χ2n) is 5.52. The Labute approximate surface area is 118 Å². The number of aliphatic hydroxyl groups is 1. The summed E-state index contributed by atoms with van der Waals surface area (Å²) in [7, 11) is 3.80. The summed E-state index contributed by atoms with van der Waals surface area (Å²) in [5.74, 6) is -0.814. The maximum absolute atomic E-state index is 10.8. The van der Waals surface area contributed by atoms with Crippen molar-refractivity contribution in [1.82, 2.24) is 19.6 Å². The van der Waals surface area contributed by atoms with Crippen molar-refractivity contribution in [3.63, 3.8) is 0 Å². The fourth-order valence-corrected chi connectivity index (χ4v) is 2.48. The van der Waals surface area contributed by atoms with Gasteiger partial charge in [0, 0.05) is 26.2 Å². The smallest absolute Gasteiger partial charge is 0.317 e. The Hall–Kier alpha value is -1.44. The van der Waals surface area contributed by atoms with E-state index >= 15 is 0 Å². The van der Waals surface area contributed by atoms with E-state index in [1.54, 1.807) is 0 Å². The zero-order chi connectivity index (χ0) is 14.7. The van der Waals surface area contributed by atoms with Crippen LogP contribution in [0.4, 0.5) is 0 Å². The number of hydrogen-bond acceptors (Lipinski definition) is 5. The SMILES string of the molecule is CN(C)CC(O)c1cc2n(n1)CCCN(CC(=O)O)C2. The topological polar surface area (TPSA) is 81.8 Å². The fraction of sp³-hybridized carbons (Fsp3) is 0.692. The van der Waals surface area contributed by atoms with Gasteiger partial charge >= 0.3 is 5.97 Å². The molecule has 0 saturated heterocycles. The molecule has 0 amide bonds. The first-order chi connectivity index (χ1) is 9.45. The molecular formula is C13H22N4O3. The van der Waals surface area contributed by atoms with E-state index in [2.05, 4.69) is 5.10 Å². The second-order valence-corrected chi connectivity index (χ2v) is 5.52. The summed E-state index contributed by atoms with van der Waals surface area (Å²) in [6.45, 7) is 2.65. The Morgan fingerprint density at radius 1 is 1.50 bits per heavy atom. The van der Waals surface area contributed by atoms with E-state index in [1.165, 1.54) is 0 Å². The normalized spacial score (nSPS) is 17.8. The van der Waals surface area contributed by atoms with Crippen LogP contribution in [0.1, 0.15) is 23.9 Å². The highest BCUT2D eigenvalue weighted by Crippen LogP contribution is 2.18. The molecule has 7 heteroatoms. The van der Waals surface area contributed by atoms with Crippen molar-refractivity contribution in [2.24, 2.45) is 0 Å². The van der Waals surface area contributed by atoms with Crippen molar-refractivity contribution in [1.29, 1.82) is 0 Å². The highest BCUT2D eigenvalue weighted by atomic mass is 16.4. The monoisotopic (exact) mass is 282 g/mol. The Morgan fingerprint density at radius 2 is 2.25 bits per heavy atom. The van der Waals surface area contributed by atoms with Gasteiger partial charge in [-0.1, -0.05) is 0 Å². The molecule has 1 unspecified atom stereocenters. The summed E-state index contributed by atoms with van der Waals surface area (Å²) in [5, 5.41) is 23.4. The second kappa shape index (κ2) is 6.34. The van der Waals surface area contributed by atoms with Crippen molar-refractivity contribution >= 4 is 5.97 Å². The summed E-state index contributed by atoms with van der Waals surface area (Å²) >= 11 is 0. The molecule has 0 fully saturated rings. The lowest BCUT2D eigenvalue weighted by molar-refractivity contribution is -0.138. The molecular weight excluding hydrogens is 260 g/mol. The molecule has 2 heterocycles. The number of aromatic nitrogens is 2. The number of carboxylic acids is 1. The van der Waals surface area contributed by atoms with E-state index in [0.29, 0.717) is 18.8 Å². The van der Waals surface area contributed by atoms with E-state index in [-0.39, 0.29) is 6.54 Å². The molecule has 7 nitrogen and oxygen atoms in total. The van der Waals surface area contributed by atoms with Crippen LogP contribution in [0.5, 0.6) is 0 Å². The molecule has 1 aromatic heterocycles. The number of carbonyl (C=O) groups is 1. The number of aryl methyl sites for hydroxylation is 1. The molecule has 1 aliphatic rings. The van der Waals surface area contributed by atoms with Crippen molar-refractivity contribution in [2.45, 2.75) is 25.6 Å². The number of rotatable bonds is 5. The maximum Gasteiger partial charge on any atom is 0.317 e. The van der Waals surface area contributed by atoms with Crippen LogP contribution >= 0.6 is 0 Å². The van der Waals surface area contributed by atoms with Gasteiger partial charge in [-0.05, 0) is 26.6 Å². The van der Waals surface area contributed by atoms with Gasteiger partial charge in [-0.15, -0.1) is 0 Å². The highest BCUT2D eigenvalue weighted by Gasteiger charge is 2.21. The van der Waals surface area contributed by atoms with Crippen molar-refractivity contribution in [3.05, 3.63) is 17.5 Å². The predicted molar refractivity (Wildman–Crippen MR) is 73.3 cm³/mol. The molecule has 0 bridgehead atoms. The van der Waals surface area contributed by atoms with Crippen molar-refractivity contribution in [2.75, 3.05) is 33.7 Å². The van der Waals surface area contributed by atoms with Crippen molar-refractivity contribution < 1.29 is 15.0 Å². The van der Waals surface area contributed by atoms with Crippen LogP contribution in [0, 0.1) is 0 Å². The summed E-state index contributed by atoms with van der Waals surface area (Å²) < 4.78 is 1.88. The third kappa shape index (κ3) is 3.78. The third-order valence-electron chi connectivity index (χ3n) is 3.35. The predicted octanol–water partition coefficient (Wildman–Crippen LogP) is -0.232. The number of hydrogen-bond donors (Lipinski definition) is 2. The van der Waals surface area contributed by atoms with E-state index in [0.717, 1.165) is 25.2 Å². The van der Waals surface area contributed by atoms with E-state index < -0.39 is 12.1 Å². The molecule has 0 aromatic carbocycles. The quantitative estimate of drug-likeness (QED) is 0.776. The van der Waals surface area contributed by atoms with Gasteiger partial charge in [-0.2, -0.15) is 5.10 Å². The minimum absolute atomic E-state index is 0.0424. The zero-order valence-corrected chi connectivity index (χ0v) is 12.0. The largest absolute Gasteiger partial charge is 0.480 e. The van der Waals surface area contributed by atoms with Crippen LogP contribution < -0.4 is 0 Å². The number of carboxylic acid groups (broad SMARTS) is 1. The van der Waals surface area contributed by atoms with Gasteiger partial charge in [-0.3, -0.25) is 14.4 Å². The molecule has 1 aromatic rings. The number of nitrogens with zero attached hydrogens (tertiary/aromatic N) is 4. The molecule has 0 radical (unpaired) electrons. The average Bonchev–Trinajstić information content (AvgIpc) is 2.62. The van der Waals surface area contributed by atoms with Crippen LogP contribution in [0.25, 0.3) is 0 Å². The molecule has 0 saturated carbocycles. The molecule has 112 valence electrons. The van der Waals surface area contributed by atoms with E-state index in [9.17, 15) is 9.90 Å². The standard InChI is InChI=1S/C13H22N4O3/c1-15(2)8-12(18)11-6-10-7-16(9-13(19)20)4-3-5-17(10)14-11/h6,12,18H,3-5,7-9H2,1-2H3,(H,19,20). The molecule has 0 spiro atoms. The first kappa shape index (κ1) is 15.0. The van der Waals surface area contributed by atoms with Crippen LogP contribution in [0.15, 0.2) is 6.07 Å². The lowest BCUT2D eigenvalue weighted by atomic mass is 10.2. The molecule has 1 aliphatic heterocycles. The maximum atomic E-state index is 10.8. The molecule has 0 aliphatic carbocycles. The number of aliphatic hydroxyl groups excluding tert-OH is 1. The summed E-state index contributed by atoms with van der Waals surface area (Å²) in [6, 6.07) is 1.88. The van der Waals surface area contributed by atoms with Gasteiger partial charge in [0.05, 0.1) is 17.9 Å². The Bertz CT molecular complexity index is 472. The lowest BCUT2D eigenvalue weighted by Gasteiger charge is -2.16. The van der Waals surface area contributed by atoms with Gasteiger partial charge < -0.3 is 15.1 Å². The Kier molecular flexibility index (Phi) is 4.74. The molecule has 2 rings (SSSR count).